The van der Waals surface area contributed by atoms with Crippen LogP contribution in [0, 0.1) is 6.92 Å². The minimum atomic E-state index is -3.70. The van der Waals surface area contributed by atoms with E-state index in [1.807, 2.05) is 31.2 Å². The number of nitrogens with zero attached hydrogens (tertiary/aromatic N) is 1. The van der Waals surface area contributed by atoms with Gasteiger partial charge in [0, 0.05) is 5.02 Å². The van der Waals surface area contributed by atoms with Crippen LogP contribution in [0.4, 0.5) is 5.69 Å². The quantitative estimate of drug-likeness (QED) is 0.725. The number of carbonyl (C=O) groups is 1. The summed E-state index contributed by atoms with van der Waals surface area (Å²) in [5.41, 5.74) is 3.30. The van der Waals surface area contributed by atoms with Crippen molar-refractivity contribution in [3.63, 3.8) is 0 Å². The molecule has 0 bridgehead atoms. The van der Waals surface area contributed by atoms with E-state index in [2.05, 4.69) is 12.2 Å². The smallest absolute Gasteiger partial charge is 0.244 e. The predicted octanol–water partition coefficient (Wildman–Crippen LogP) is 4.24. The van der Waals surface area contributed by atoms with Gasteiger partial charge in [0.1, 0.15) is 6.04 Å². The molecule has 0 saturated heterocycles. The lowest BCUT2D eigenvalue weighted by atomic mass is 10.0. The Hall–Kier alpha value is -2.05. The molecule has 0 aliphatic heterocycles. The fourth-order valence-electron chi connectivity index (χ4n) is 3.06. The molecular formula is C21H27ClN2O3S. The molecule has 0 spiro atoms. The SMILES string of the molecule is CCc1ccc([C@@H](C)NC(=O)[C@H](C)N(c2cc(Cl)ccc2C)S(C)(=O)=O)cc1. The Morgan fingerprint density at radius 2 is 1.75 bits per heavy atom. The van der Waals surface area contributed by atoms with E-state index in [4.69, 9.17) is 11.6 Å². The van der Waals surface area contributed by atoms with Gasteiger partial charge in [-0.1, -0.05) is 48.9 Å². The Bertz CT molecular complexity index is 943. The summed E-state index contributed by atoms with van der Waals surface area (Å²) in [4.78, 5) is 12.9. The molecule has 0 aromatic heterocycles. The second-order valence-electron chi connectivity index (χ2n) is 6.99. The summed E-state index contributed by atoms with van der Waals surface area (Å²) < 4.78 is 26.1. The summed E-state index contributed by atoms with van der Waals surface area (Å²) in [5, 5.41) is 3.32. The summed E-state index contributed by atoms with van der Waals surface area (Å²) in [7, 11) is -3.70. The fraction of sp³-hybridized carbons (Fsp3) is 0.381. The third-order valence-corrected chi connectivity index (χ3v) is 6.21. The van der Waals surface area contributed by atoms with E-state index in [0.717, 1.165) is 28.1 Å². The normalized spacial score (nSPS) is 13.6. The highest BCUT2D eigenvalue weighted by atomic mass is 35.5. The minimum Gasteiger partial charge on any atom is -0.348 e. The monoisotopic (exact) mass is 422 g/mol. The average molecular weight is 423 g/mol. The molecule has 0 aliphatic carbocycles. The van der Waals surface area contributed by atoms with Crippen molar-refractivity contribution in [2.75, 3.05) is 10.6 Å². The van der Waals surface area contributed by atoms with Gasteiger partial charge in [0.25, 0.3) is 0 Å². The van der Waals surface area contributed by atoms with Crippen molar-refractivity contribution in [1.29, 1.82) is 0 Å². The standard InChI is InChI=1S/C21H27ClN2O3S/c1-6-17-8-10-18(11-9-17)15(3)23-21(25)16(4)24(28(5,26)27)20-13-19(22)12-7-14(20)2/h7-13,15-16H,6H2,1-5H3,(H,23,25)/t15-,16+/m1/s1. The number of rotatable bonds is 7. The molecule has 0 radical (unpaired) electrons. The molecule has 1 N–H and O–H groups in total. The van der Waals surface area contributed by atoms with Gasteiger partial charge in [-0.15, -0.1) is 0 Å². The number of halogens is 1. The average Bonchev–Trinajstić information content (AvgIpc) is 2.63. The topological polar surface area (TPSA) is 66.5 Å². The van der Waals surface area contributed by atoms with Gasteiger partial charge in [-0.05, 0) is 56.0 Å². The number of nitrogens with one attached hydrogen (secondary N) is 1. The lowest BCUT2D eigenvalue weighted by molar-refractivity contribution is -0.122. The van der Waals surface area contributed by atoms with Crippen LogP contribution in [-0.4, -0.2) is 26.6 Å². The number of hydrogen-bond donors (Lipinski definition) is 1. The Kier molecular flexibility index (Phi) is 7.12. The minimum absolute atomic E-state index is 0.247. The molecule has 2 aromatic rings. The first-order chi connectivity index (χ1) is 13.0. The Morgan fingerprint density at radius 1 is 1.14 bits per heavy atom. The molecule has 0 aliphatic rings. The number of aryl methyl sites for hydroxylation is 2. The lowest BCUT2D eigenvalue weighted by Crippen LogP contribution is -2.48. The zero-order valence-corrected chi connectivity index (χ0v) is 18.4. The van der Waals surface area contributed by atoms with Crippen molar-refractivity contribution in [3.05, 3.63) is 64.2 Å². The van der Waals surface area contributed by atoms with Crippen LogP contribution in [0.2, 0.25) is 5.02 Å². The zero-order chi connectivity index (χ0) is 21.1. The van der Waals surface area contributed by atoms with E-state index < -0.39 is 16.1 Å². The second kappa shape index (κ2) is 8.97. The lowest BCUT2D eigenvalue weighted by Gasteiger charge is -2.30. The third-order valence-electron chi connectivity index (χ3n) is 4.74. The van der Waals surface area contributed by atoms with E-state index in [1.54, 1.807) is 32.0 Å². The molecule has 152 valence electrons. The first-order valence-electron chi connectivity index (χ1n) is 9.19. The van der Waals surface area contributed by atoms with Crippen molar-refractivity contribution in [2.45, 2.75) is 46.2 Å². The summed E-state index contributed by atoms with van der Waals surface area (Å²) >= 11 is 6.06. The van der Waals surface area contributed by atoms with Gasteiger partial charge in [-0.2, -0.15) is 0 Å². The summed E-state index contributed by atoms with van der Waals surface area (Å²) in [6.07, 6.45) is 2.03. The number of amides is 1. The third kappa shape index (κ3) is 5.26. The van der Waals surface area contributed by atoms with Crippen LogP contribution >= 0.6 is 11.6 Å². The molecule has 0 heterocycles. The molecule has 5 nitrogen and oxygen atoms in total. The number of anilines is 1. The highest BCUT2D eigenvalue weighted by molar-refractivity contribution is 7.92. The number of carbonyl (C=O) groups excluding carboxylic acids is 1. The van der Waals surface area contributed by atoms with Crippen molar-refractivity contribution >= 4 is 33.2 Å². The van der Waals surface area contributed by atoms with Crippen LogP contribution in [0.1, 0.15) is 43.5 Å². The largest absolute Gasteiger partial charge is 0.348 e. The first-order valence-corrected chi connectivity index (χ1v) is 11.4. The fourth-order valence-corrected chi connectivity index (χ4v) is 4.45. The second-order valence-corrected chi connectivity index (χ2v) is 9.29. The number of sulfonamides is 1. The number of benzene rings is 2. The van der Waals surface area contributed by atoms with Crippen molar-refractivity contribution in [1.82, 2.24) is 5.32 Å². The molecule has 1 amide bonds. The van der Waals surface area contributed by atoms with Crippen LogP contribution < -0.4 is 9.62 Å². The molecule has 2 aromatic carbocycles. The maximum Gasteiger partial charge on any atom is 0.244 e. The van der Waals surface area contributed by atoms with Gasteiger partial charge in [0.15, 0.2) is 0 Å². The van der Waals surface area contributed by atoms with Gasteiger partial charge >= 0.3 is 0 Å². The van der Waals surface area contributed by atoms with Crippen LogP contribution in [0.25, 0.3) is 0 Å². The Labute approximate surface area is 172 Å². The highest BCUT2D eigenvalue weighted by Gasteiger charge is 2.31. The highest BCUT2D eigenvalue weighted by Crippen LogP contribution is 2.28. The summed E-state index contributed by atoms with van der Waals surface area (Å²) in [6.45, 7) is 7.32. The van der Waals surface area contributed by atoms with E-state index in [1.165, 1.54) is 5.56 Å². The zero-order valence-electron chi connectivity index (χ0n) is 16.9. The first kappa shape index (κ1) is 22.2. The molecule has 0 fully saturated rings. The predicted molar refractivity (Wildman–Crippen MR) is 115 cm³/mol. The Morgan fingerprint density at radius 3 is 2.29 bits per heavy atom. The van der Waals surface area contributed by atoms with Gasteiger partial charge in [-0.3, -0.25) is 9.10 Å². The molecule has 2 atom stereocenters. The summed E-state index contributed by atoms with van der Waals surface area (Å²) in [5.74, 6) is -0.378. The van der Waals surface area contributed by atoms with Crippen LogP contribution in [0.3, 0.4) is 0 Å². The maximum absolute atomic E-state index is 12.9. The van der Waals surface area contributed by atoms with Crippen LogP contribution in [0.5, 0.6) is 0 Å². The van der Waals surface area contributed by atoms with E-state index in [9.17, 15) is 13.2 Å². The Balaban J connectivity index is 2.27. The van der Waals surface area contributed by atoms with E-state index in [-0.39, 0.29) is 11.9 Å². The van der Waals surface area contributed by atoms with Gasteiger partial charge in [0.05, 0.1) is 18.0 Å². The molecule has 0 unspecified atom stereocenters. The maximum atomic E-state index is 12.9. The number of hydrogen-bond acceptors (Lipinski definition) is 3. The van der Waals surface area contributed by atoms with E-state index in [0.29, 0.717) is 10.7 Å². The van der Waals surface area contributed by atoms with E-state index >= 15 is 0 Å². The van der Waals surface area contributed by atoms with Crippen molar-refractivity contribution in [2.24, 2.45) is 0 Å². The van der Waals surface area contributed by atoms with Crippen LogP contribution in [0.15, 0.2) is 42.5 Å². The molecule has 28 heavy (non-hydrogen) atoms. The van der Waals surface area contributed by atoms with Gasteiger partial charge in [-0.25, -0.2) is 8.42 Å². The van der Waals surface area contributed by atoms with Crippen LogP contribution in [-0.2, 0) is 21.2 Å². The molecule has 0 saturated carbocycles. The van der Waals surface area contributed by atoms with Gasteiger partial charge < -0.3 is 5.32 Å². The molecule has 2 rings (SSSR count). The molecular weight excluding hydrogens is 396 g/mol. The van der Waals surface area contributed by atoms with Gasteiger partial charge in [0.2, 0.25) is 15.9 Å². The van der Waals surface area contributed by atoms with Crippen molar-refractivity contribution < 1.29 is 13.2 Å². The summed E-state index contributed by atoms with van der Waals surface area (Å²) in [6, 6.07) is 11.8. The molecule has 7 heteroatoms. The van der Waals surface area contributed by atoms with Crippen molar-refractivity contribution in [3.8, 4) is 0 Å².